The first kappa shape index (κ1) is 26.7. The third kappa shape index (κ3) is 9.00. The van der Waals surface area contributed by atoms with Crippen LogP contribution in [0.2, 0.25) is 0 Å². The average molecular weight is 482 g/mol. The number of nitrogens with one attached hydrogen (secondary N) is 1. The quantitative estimate of drug-likeness (QED) is 0.427. The van der Waals surface area contributed by atoms with Gasteiger partial charge in [0.2, 0.25) is 5.91 Å². The standard InChI is InChI=1S/C28H39N3O4/c1-30(27(33)15-7-2-3-10-22-32)20-21-31-18-16-24(17-19-31)35-28(34)29-26-14-9-8-13-25(26)23-11-5-4-6-12-23/h4-6,8-9,11-14,24,32H,2-3,7,10,15-22H2,1H3,(H,29,34). The van der Waals surface area contributed by atoms with Crippen molar-refractivity contribution in [3.63, 3.8) is 0 Å². The Morgan fingerprint density at radius 1 is 1.00 bits per heavy atom. The maximum Gasteiger partial charge on any atom is 0.411 e. The van der Waals surface area contributed by atoms with Gasteiger partial charge in [0.1, 0.15) is 6.10 Å². The molecule has 1 saturated heterocycles. The minimum atomic E-state index is -0.420. The second-order valence-electron chi connectivity index (χ2n) is 9.19. The van der Waals surface area contributed by atoms with Gasteiger partial charge in [-0.1, -0.05) is 61.4 Å². The van der Waals surface area contributed by atoms with Crippen LogP contribution in [-0.2, 0) is 9.53 Å². The summed E-state index contributed by atoms with van der Waals surface area (Å²) in [5.41, 5.74) is 2.74. The van der Waals surface area contributed by atoms with E-state index in [1.807, 2.05) is 66.5 Å². The van der Waals surface area contributed by atoms with Gasteiger partial charge in [0.05, 0.1) is 5.69 Å². The lowest BCUT2D eigenvalue weighted by Crippen LogP contribution is -2.42. The molecule has 0 saturated carbocycles. The lowest BCUT2D eigenvalue weighted by atomic mass is 10.0. The Balaban J connectivity index is 1.36. The Kier molecular flexibility index (Phi) is 11.1. The first-order chi connectivity index (χ1) is 17.1. The SMILES string of the molecule is CN(CCN1CCC(OC(=O)Nc2ccccc2-c2ccccc2)CC1)C(=O)CCCCCCO. The minimum absolute atomic E-state index is 0.103. The van der Waals surface area contributed by atoms with Gasteiger partial charge >= 0.3 is 6.09 Å². The number of likely N-dealkylation sites (N-methyl/N-ethyl adjacent to an activating group) is 1. The fourth-order valence-corrected chi connectivity index (χ4v) is 4.35. The molecule has 1 aliphatic heterocycles. The zero-order valence-electron chi connectivity index (χ0n) is 20.8. The summed E-state index contributed by atoms with van der Waals surface area (Å²) in [6.07, 6.45) is 5.27. The molecule has 0 radical (unpaired) electrons. The Labute approximate surface area is 209 Å². The largest absolute Gasteiger partial charge is 0.446 e. The molecular formula is C28H39N3O4. The van der Waals surface area contributed by atoms with Crippen LogP contribution >= 0.6 is 0 Å². The van der Waals surface area contributed by atoms with Crippen molar-refractivity contribution in [1.29, 1.82) is 0 Å². The molecule has 0 bridgehead atoms. The van der Waals surface area contributed by atoms with Crippen LogP contribution < -0.4 is 5.32 Å². The number of aliphatic hydroxyl groups excluding tert-OH is 1. The highest BCUT2D eigenvalue weighted by atomic mass is 16.6. The highest BCUT2D eigenvalue weighted by Gasteiger charge is 2.23. The monoisotopic (exact) mass is 481 g/mol. The number of benzene rings is 2. The number of anilines is 1. The fourth-order valence-electron chi connectivity index (χ4n) is 4.35. The zero-order valence-corrected chi connectivity index (χ0v) is 20.8. The predicted octanol–water partition coefficient (Wildman–Crippen LogP) is 4.77. The lowest BCUT2D eigenvalue weighted by molar-refractivity contribution is -0.130. The summed E-state index contributed by atoms with van der Waals surface area (Å²) >= 11 is 0. The molecule has 0 aromatic heterocycles. The number of piperidine rings is 1. The number of hydrogen-bond acceptors (Lipinski definition) is 5. The fraction of sp³-hybridized carbons (Fsp3) is 0.500. The van der Waals surface area contributed by atoms with Gasteiger partial charge in [-0.25, -0.2) is 4.79 Å². The number of aliphatic hydroxyl groups is 1. The summed E-state index contributed by atoms with van der Waals surface area (Å²) in [6.45, 7) is 3.46. The first-order valence-corrected chi connectivity index (χ1v) is 12.8. The zero-order chi connectivity index (χ0) is 24.9. The molecule has 7 heteroatoms. The Hall–Kier alpha value is -2.90. The molecule has 1 heterocycles. The lowest BCUT2D eigenvalue weighted by Gasteiger charge is -2.32. The van der Waals surface area contributed by atoms with E-state index in [1.165, 1.54) is 0 Å². The van der Waals surface area contributed by atoms with Crippen LogP contribution in [0.4, 0.5) is 10.5 Å². The van der Waals surface area contributed by atoms with Crippen molar-refractivity contribution in [3.8, 4) is 11.1 Å². The number of amides is 2. The van der Waals surface area contributed by atoms with Gasteiger partial charge < -0.3 is 19.6 Å². The van der Waals surface area contributed by atoms with Crippen LogP contribution in [0.5, 0.6) is 0 Å². The van der Waals surface area contributed by atoms with Crippen LogP contribution in [0.25, 0.3) is 11.1 Å². The molecule has 0 spiro atoms. The number of unbranched alkanes of at least 4 members (excludes halogenated alkanes) is 3. The number of para-hydroxylation sites is 1. The number of carbonyl (C=O) groups is 2. The number of rotatable bonds is 12. The van der Waals surface area contributed by atoms with Gasteiger partial charge in [-0.2, -0.15) is 0 Å². The molecule has 35 heavy (non-hydrogen) atoms. The Morgan fingerprint density at radius 3 is 2.43 bits per heavy atom. The van der Waals surface area contributed by atoms with Crippen LogP contribution in [-0.4, -0.2) is 72.8 Å². The predicted molar refractivity (Wildman–Crippen MR) is 139 cm³/mol. The van der Waals surface area contributed by atoms with E-state index in [1.54, 1.807) is 0 Å². The van der Waals surface area contributed by atoms with Gasteiger partial charge in [0.25, 0.3) is 0 Å². The summed E-state index contributed by atoms with van der Waals surface area (Å²) in [4.78, 5) is 29.0. The van der Waals surface area contributed by atoms with E-state index in [2.05, 4.69) is 10.2 Å². The summed E-state index contributed by atoms with van der Waals surface area (Å²) < 4.78 is 5.71. The van der Waals surface area contributed by atoms with Crippen LogP contribution in [0.1, 0.15) is 44.9 Å². The number of hydrogen-bond donors (Lipinski definition) is 2. The second-order valence-corrected chi connectivity index (χ2v) is 9.19. The van der Waals surface area contributed by atoms with Crippen molar-refractivity contribution in [2.24, 2.45) is 0 Å². The van der Waals surface area contributed by atoms with Gasteiger partial charge in [0, 0.05) is 51.8 Å². The maximum atomic E-state index is 12.6. The summed E-state index contributed by atoms with van der Waals surface area (Å²) in [5.74, 6) is 0.180. The van der Waals surface area contributed by atoms with E-state index in [4.69, 9.17) is 9.84 Å². The molecule has 190 valence electrons. The minimum Gasteiger partial charge on any atom is -0.446 e. The van der Waals surface area contributed by atoms with E-state index >= 15 is 0 Å². The van der Waals surface area contributed by atoms with E-state index < -0.39 is 6.09 Å². The third-order valence-corrected chi connectivity index (χ3v) is 6.53. The number of likely N-dealkylation sites (tertiary alicyclic amines) is 1. The van der Waals surface area contributed by atoms with E-state index in [0.29, 0.717) is 13.0 Å². The molecule has 7 nitrogen and oxygen atoms in total. The molecule has 0 unspecified atom stereocenters. The van der Waals surface area contributed by atoms with Gasteiger partial charge in [-0.05, 0) is 37.3 Å². The van der Waals surface area contributed by atoms with Crippen molar-refractivity contribution in [2.75, 3.05) is 45.2 Å². The van der Waals surface area contributed by atoms with Crippen LogP contribution in [0, 0.1) is 0 Å². The molecule has 1 aliphatic rings. The van der Waals surface area contributed by atoms with Gasteiger partial charge in [-0.15, -0.1) is 0 Å². The molecule has 0 atom stereocenters. The molecule has 3 rings (SSSR count). The third-order valence-electron chi connectivity index (χ3n) is 6.53. The van der Waals surface area contributed by atoms with Gasteiger partial charge in [0.15, 0.2) is 0 Å². The molecule has 2 N–H and O–H groups in total. The smallest absolute Gasteiger partial charge is 0.411 e. The highest BCUT2D eigenvalue weighted by Crippen LogP contribution is 2.28. The summed E-state index contributed by atoms with van der Waals surface area (Å²) in [6, 6.07) is 17.7. The first-order valence-electron chi connectivity index (χ1n) is 12.8. The second kappa shape index (κ2) is 14.5. The molecule has 2 aromatic carbocycles. The van der Waals surface area contributed by atoms with Crippen molar-refractivity contribution < 1.29 is 19.4 Å². The summed E-state index contributed by atoms with van der Waals surface area (Å²) in [7, 11) is 1.86. The number of ether oxygens (including phenoxy) is 1. The van der Waals surface area contributed by atoms with Crippen LogP contribution in [0.3, 0.4) is 0 Å². The van der Waals surface area contributed by atoms with Crippen molar-refractivity contribution >= 4 is 17.7 Å². The topological polar surface area (TPSA) is 82.1 Å². The maximum absolute atomic E-state index is 12.6. The van der Waals surface area contributed by atoms with E-state index in [0.717, 1.165) is 75.0 Å². The molecule has 1 fully saturated rings. The van der Waals surface area contributed by atoms with Crippen molar-refractivity contribution in [2.45, 2.75) is 51.0 Å². The normalized spacial score (nSPS) is 14.5. The van der Waals surface area contributed by atoms with Crippen molar-refractivity contribution in [3.05, 3.63) is 54.6 Å². The van der Waals surface area contributed by atoms with Crippen molar-refractivity contribution in [1.82, 2.24) is 9.80 Å². The number of carbonyl (C=O) groups excluding carboxylic acids is 2. The van der Waals surface area contributed by atoms with Gasteiger partial charge in [-0.3, -0.25) is 10.1 Å². The number of nitrogens with zero attached hydrogens (tertiary/aromatic N) is 2. The van der Waals surface area contributed by atoms with E-state index in [-0.39, 0.29) is 18.6 Å². The van der Waals surface area contributed by atoms with E-state index in [9.17, 15) is 9.59 Å². The highest BCUT2D eigenvalue weighted by molar-refractivity contribution is 5.91. The van der Waals surface area contributed by atoms with Crippen LogP contribution in [0.15, 0.2) is 54.6 Å². The molecule has 0 aliphatic carbocycles. The molecule has 2 aromatic rings. The molecule has 2 amide bonds. The average Bonchev–Trinajstić information content (AvgIpc) is 2.88. The Morgan fingerprint density at radius 2 is 1.69 bits per heavy atom. The molecular weight excluding hydrogens is 442 g/mol. The summed E-state index contributed by atoms with van der Waals surface area (Å²) in [5, 5.41) is 11.7. The Bertz CT molecular complexity index is 913.